The molecule has 2 fully saturated rings. The highest BCUT2D eigenvalue weighted by atomic mass is 32.1. The van der Waals surface area contributed by atoms with E-state index >= 15 is 0 Å². The molecule has 0 aromatic carbocycles. The van der Waals surface area contributed by atoms with Gasteiger partial charge in [-0.05, 0) is 38.8 Å². The van der Waals surface area contributed by atoms with Gasteiger partial charge in [-0.15, -0.1) is 11.3 Å². The summed E-state index contributed by atoms with van der Waals surface area (Å²) in [4.78, 5) is 8.97. The average molecular weight is 296 g/mol. The third-order valence-electron chi connectivity index (χ3n) is 4.35. The van der Waals surface area contributed by atoms with E-state index in [1.54, 1.807) is 11.3 Å². The van der Waals surface area contributed by atoms with Crippen LogP contribution in [0.3, 0.4) is 0 Å². The second-order valence-corrected chi connectivity index (χ2v) is 6.51. The van der Waals surface area contributed by atoms with Crippen molar-refractivity contribution in [2.75, 3.05) is 37.6 Å². The van der Waals surface area contributed by atoms with E-state index in [0.717, 1.165) is 56.4 Å². The minimum atomic E-state index is 0.303. The molecule has 3 rings (SSSR count). The maximum atomic E-state index is 13.0. The summed E-state index contributed by atoms with van der Waals surface area (Å²) in [5.74, 6) is 0.303. The summed E-state index contributed by atoms with van der Waals surface area (Å²) in [6.45, 7) is 4.82. The number of thiazole rings is 1. The van der Waals surface area contributed by atoms with Crippen molar-refractivity contribution in [3.8, 4) is 0 Å². The second kappa shape index (κ2) is 6.63. The first-order valence-electron chi connectivity index (χ1n) is 7.41. The largest absolute Gasteiger partial charge is 0.348 e. The van der Waals surface area contributed by atoms with Gasteiger partial charge < -0.3 is 4.90 Å². The van der Waals surface area contributed by atoms with Crippen LogP contribution in [-0.2, 0) is 0 Å². The zero-order valence-corrected chi connectivity index (χ0v) is 12.5. The van der Waals surface area contributed by atoms with Crippen LogP contribution in [0, 0.1) is 5.92 Å². The molecule has 0 saturated carbocycles. The quantitative estimate of drug-likeness (QED) is 0.801. The standard InChI is InChI=1S/C14H21FN4S/c15-17-13(11-18-6-1-2-7-18)12-3-8-19(9-4-12)14-16-5-10-20-14/h5,10,12H,1-4,6-9,11H2/b17-13-. The van der Waals surface area contributed by atoms with Gasteiger partial charge in [-0.2, -0.15) is 0 Å². The predicted octanol–water partition coefficient (Wildman–Crippen LogP) is 2.78. The molecule has 0 aliphatic carbocycles. The number of piperidine rings is 1. The number of aromatic nitrogens is 1. The smallest absolute Gasteiger partial charge is 0.185 e. The minimum Gasteiger partial charge on any atom is -0.348 e. The van der Waals surface area contributed by atoms with Crippen LogP contribution in [-0.4, -0.2) is 48.3 Å². The molecule has 2 aliphatic rings. The van der Waals surface area contributed by atoms with Gasteiger partial charge in [0, 0.05) is 37.1 Å². The van der Waals surface area contributed by atoms with Crippen molar-refractivity contribution < 1.29 is 4.48 Å². The Morgan fingerprint density at radius 3 is 2.65 bits per heavy atom. The lowest BCUT2D eigenvalue weighted by atomic mass is 9.92. The molecule has 1 aromatic heterocycles. The molecule has 3 heterocycles. The lowest BCUT2D eigenvalue weighted by Gasteiger charge is -2.32. The second-order valence-electron chi connectivity index (χ2n) is 5.64. The predicted molar refractivity (Wildman–Crippen MR) is 81.3 cm³/mol. The van der Waals surface area contributed by atoms with Gasteiger partial charge in [-0.25, -0.2) is 4.98 Å². The molecule has 2 saturated heterocycles. The monoisotopic (exact) mass is 296 g/mol. The SMILES string of the molecule is F/N=C(/CN1CCCC1)C1CCN(c2nccs2)CC1. The topological polar surface area (TPSA) is 31.7 Å². The Kier molecular flexibility index (Phi) is 4.62. The summed E-state index contributed by atoms with van der Waals surface area (Å²) < 4.78 is 13.0. The van der Waals surface area contributed by atoms with Gasteiger partial charge in [0.1, 0.15) is 0 Å². The summed E-state index contributed by atoms with van der Waals surface area (Å²) in [6, 6.07) is 0. The molecule has 0 amide bonds. The Labute approximate surface area is 123 Å². The Hall–Kier alpha value is -1.01. The zero-order chi connectivity index (χ0) is 13.8. The molecule has 0 bridgehead atoms. The normalized spacial score (nSPS) is 22.6. The van der Waals surface area contributed by atoms with Gasteiger partial charge in [0.15, 0.2) is 5.13 Å². The van der Waals surface area contributed by atoms with Crippen LogP contribution >= 0.6 is 11.3 Å². The summed E-state index contributed by atoms with van der Waals surface area (Å²) in [6.07, 6.45) is 6.28. The maximum absolute atomic E-state index is 13.0. The third kappa shape index (κ3) is 3.17. The highest BCUT2D eigenvalue weighted by molar-refractivity contribution is 7.13. The minimum absolute atomic E-state index is 0.303. The van der Waals surface area contributed by atoms with E-state index in [-0.39, 0.29) is 0 Å². The van der Waals surface area contributed by atoms with Gasteiger partial charge in [-0.3, -0.25) is 4.90 Å². The summed E-state index contributed by atoms with van der Waals surface area (Å²) in [7, 11) is 0. The molecule has 0 radical (unpaired) electrons. The lowest BCUT2D eigenvalue weighted by molar-refractivity contribution is 0.368. The van der Waals surface area contributed by atoms with E-state index in [4.69, 9.17) is 0 Å². The molecule has 1 aromatic rings. The molecular weight excluding hydrogens is 275 g/mol. The van der Waals surface area contributed by atoms with Crippen LogP contribution in [0.1, 0.15) is 25.7 Å². The van der Waals surface area contributed by atoms with Gasteiger partial charge in [0.25, 0.3) is 0 Å². The first kappa shape index (κ1) is 13.9. The van der Waals surface area contributed by atoms with E-state index in [2.05, 4.69) is 20.0 Å². The van der Waals surface area contributed by atoms with E-state index in [9.17, 15) is 4.48 Å². The van der Waals surface area contributed by atoms with Crippen molar-refractivity contribution in [2.24, 2.45) is 11.1 Å². The van der Waals surface area contributed by atoms with Gasteiger partial charge in [0.05, 0.1) is 5.71 Å². The Bertz CT molecular complexity index is 434. The van der Waals surface area contributed by atoms with E-state index in [1.165, 1.54) is 12.8 Å². The van der Waals surface area contributed by atoms with Crippen LogP contribution < -0.4 is 4.90 Å². The fraction of sp³-hybridized carbons (Fsp3) is 0.714. The molecule has 0 atom stereocenters. The fourth-order valence-electron chi connectivity index (χ4n) is 3.17. The van der Waals surface area contributed by atoms with Crippen LogP contribution in [0.4, 0.5) is 9.61 Å². The Morgan fingerprint density at radius 1 is 1.30 bits per heavy atom. The van der Waals surface area contributed by atoms with Crippen molar-refractivity contribution in [3.05, 3.63) is 11.6 Å². The number of nitrogens with zero attached hydrogens (tertiary/aromatic N) is 4. The average Bonchev–Trinajstić information content (AvgIpc) is 3.18. The van der Waals surface area contributed by atoms with Crippen LogP contribution in [0.15, 0.2) is 16.8 Å². The zero-order valence-electron chi connectivity index (χ0n) is 11.7. The number of halogens is 1. The molecule has 0 unspecified atom stereocenters. The number of anilines is 1. The highest BCUT2D eigenvalue weighted by Gasteiger charge is 2.26. The van der Waals surface area contributed by atoms with Crippen LogP contribution in [0.2, 0.25) is 0 Å². The molecule has 110 valence electrons. The maximum Gasteiger partial charge on any atom is 0.185 e. The number of hydrogen-bond acceptors (Lipinski definition) is 5. The van der Waals surface area contributed by atoms with Crippen molar-refractivity contribution in [2.45, 2.75) is 25.7 Å². The van der Waals surface area contributed by atoms with Gasteiger partial charge in [0.2, 0.25) is 0 Å². The van der Waals surface area contributed by atoms with Crippen LogP contribution in [0.25, 0.3) is 0 Å². The van der Waals surface area contributed by atoms with Gasteiger partial charge in [-0.1, -0.05) is 9.70 Å². The summed E-state index contributed by atoms with van der Waals surface area (Å²) in [5, 5.41) is 6.19. The number of hydrogen-bond donors (Lipinski definition) is 0. The van der Waals surface area contributed by atoms with Crippen molar-refractivity contribution in [3.63, 3.8) is 0 Å². The molecule has 6 heteroatoms. The van der Waals surface area contributed by atoms with E-state index in [0.29, 0.717) is 5.92 Å². The van der Waals surface area contributed by atoms with Crippen molar-refractivity contribution in [1.29, 1.82) is 0 Å². The molecule has 0 spiro atoms. The molecule has 2 aliphatic heterocycles. The number of likely N-dealkylation sites (tertiary alicyclic amines) is 1. The molecule has 4 nitrogen and oxygen atoms in total. The summed E-state index contributed by atoms with van der Waals surface area (Å²) >= 11 is 1.67. The third-order valence-corrected chi connectivity index (χ3v) is 5.18. The van der Waals surface area contributed by atoms with Crippen molar-refractivity contribution >= 4 is 22.2 Å². The van der Waals surface area contributed by atoms with Crippen LogP contribution in [0.5, 0.6) is 0 Å². The highest BCUT2D eigenvalue weighted by Crippen LogP contribution is 2.26. The molecule has 20 heavy (non-hydrogen) atoms. The first-order valence-corrected chi connectivity index (χ1v) is 8.29. The summed E-state index contributed by atoms with van der Waals surface area (Å²) in [5.41, 5.74) is 0.755. The fourth-order valence-corrected chi connectivity index (χ4v) is 3.87. The van der Waals surface area contributed by atoms with Crippen molar-refractivity contribution in [1.82, 2.24) is 9.88 Å². The first-order chi connectivity index (χ1) is 9.86. The van der Waals surface area contributed by atoms with E-state index in [1.807, 2.05) is 11.6 Å². The number of rotatable bonds is 4. The lowest BCUT2D eigenvalue weighted by Crippen LogP contribution is -2.39. The Morgan fingerprint density at radius 2 is 2.05 bits per heavy atom. The Balaban J connectivity index is 1.53. The molecular formula is C14H21FN4S. The molecule has 0 N–H and O–H groups in total. The van der Waals surface area contributed by atoms with E-state index < -0.39 is 0 Å². The van der Waals surface area contributed by atoms with Gasteiger partial charge >= 0.3 is 0 Å².